The predicted octanol–water partition coefficient (Wildman–Crippen LogP) is 1.90. The SMILES string of the molecule is CC(CCNC1Cc2ccccc2C1)S(C)=O. The van der Waals surface area contributed by atoms with Gasteiger partial charge in [0, 0.05) is 28.3 Å². The summed E-state index contributed by atoms with van der Waals surface area (Å²) in [7, 11) is -0.693. The van der Waals surface area contributed by atoms with E-state index in [1.54, 1.807) is 6.26 Å². The van der Waals surface area contributed by atoms with Gasteiger partial charge in [-0.3, -0.25) is 4.21 Å². The van der Waals surface area contributed by atoms with Gasteiger partial charge in [-0.05, 0) is 36.9 Å². The molecule has 1 N–H and O–H groups in total. The lowest BCUT2D eigenvalue weighted by Gasteiger charge is -2.13. The Morgan fingerprint density at radius 1 is 1.35 bits per heavy atom. The third-order valence-corrected chi connectivity index (χ3v) is 4.97. The van der Waals surface area contributed by atoms with E-state index >= 15 is 0 Å². The zero-order valence-corrected chi connectivity index (χ0v) is 11.4. The van der Waals surface area contributed by atoms with E-state index < -0.39 is 10.8 Å². The van der Waals surface area contributed by atoms with Gasteiger partial charge in [0.1, 0.15) is 0 Å². The first-order valence-electron chi connectivity index (χ1n) is 6.29. The van der Waals surface area contributed by atoms with Gasteiger partial charge in [0.25, 0.3) is 0 Å². The van der Waals surface area contributed by atoms with Crippen molar-refractivity contribution in [3.8, 4) is 0 Å². The molecule has 0 heterocycles. The molecule has 0 saturated carbocycles. The Morgan fingerprint density at radius 3 is 2.47 bits per heavy atom. The first-order valence-corrected chi connectivity index (χ1v) is 7.91. The average molecular weight is 251 g/mol. The standard InChI is InChI=1S/C14H21NOS/c1-11(17(2)16)7-8-15-14-9-12-5-3-4-6-13(12)10-14/h3-6,11,14-15H,7-10H2,1-2H3. The van der Waals surface area contributed by atoms with Crippen LogP contribution in [0.1, 0.15) is 24.5 Å². The van der Waals surface area contributed by atoms with Crippen LogP contribution < -0.4 is 5.32 Å². The van der Waals surface area contributed by atoms with Gasteiger partial charge in [-0.1, -0.05) is 31.2 Å². The molecule has 17 heavy (non-hydrogen) atoms. The highest BCUT2D eigenvalue weighted by atomic mass is 32.2. The second-order valence-corrected chi connectivity index (χ2v) is 6.73. The molecule has 0 fully saturated rings. The van der Waals surface area contributed by atoms with E-state index in [4.69, 9.17) is 0 Å². The Morgan fingerprint density at radius 2 is 1.94 bits per heavy atom. The predicted molar refractivity (Wildman–Crippen MR) is 73.8 cm³/mol. The highest BCUT2D eigenvalue weighted by molar-refractivity contribution is 7.84. The van der Waals surface area contributed by atoms with Crippen LogP contribution in [0.25, 0.3) is 0 Å². The van der Waals surface area contributed by atoms with Crippen molar-refractivity contribution in [2.45, 2.75) is 37.5 Å². The number of hydrogen-bond acceptors (Lipinski definition) is 2. The molecule has 0 saturated heterocycles. The number of rotatable bonds is 5. The van der Waals surface area contributed by atoms with Gasteiger partial charge in [-0.2, -0.15) is 0 Å². The average Bonchev–Trinajstić information content (AvgIpc) is 2.71. The van der Waals surface area contributed by atoms with E-state index in [1.807, 2.05) is 0 Å². The van der Waals surface area contributed by atoms with Crippen LogP contribution in [-0.4, -0.2) is 28.3 Å². The molecule has 1 aliphatic rings. The van der Waals surface area contributed by atoms with Crippen molar-refractivity contribution in [1.29, 1.82) is 0 Å². The van der Waals surface area contributed by atoms with Gasteiger partial charge >= 0.3 is 0 Å². The minimum absolute atomic E-state index is 0.297. The van der Waals surface area contributed by atoms with E-state index in [2.05, 4.69) is 36.5 Å². The summed E-state index contributed by atoms with van der Waals surface area (Å²) in [6.07, 6.45) is 5.06. The molecule has 1 aromatic rings. The molecule has 3 heteroatoms. The molecule has 0 radical (unpaired) electrons. The monoisotopic (exact) mass is 251 g/mol. The second-order valence-electron chi connectivity index (χ2n) is 4.93. The Hall–Kier alpha value is -0.670. The number of nitrogens with one attached hydrogen (secondary N) is 1. The van der Waals surface area contributed by atoms with Crippen LogP contribution in [0.15, 0.2) is 24.3 Å². The molecule has 0 aliphatic heterocycles. The fourth-order valence-electron chi connectivity index (χ4n) is 2.36. The van der Waals surface area contributed by atoms with Crippen LogP contribution in [0.5, 0.6) is 0 Å². The summed E-state index contributed by atoms with van der Waals surface area (Å²) in [5.74, 6) is 0. The van der Waals surface area contributed by atoms with Crippen LogP contribution in [0.3, 0.4) is 0 Å². The topological polar surface area (TPSA) is 29.1 Å². The van der Waals surface area contributed by atoms with Gasteiger partial charge in [-0.25, -0.2) is 0 Å². The summed E-state index contributed by atoms with van der Waals surface area (Å²) in [5, 5.41) is 3.88. The fourth-order valence-corrected chi connectivity index (χ4v) is 2.81. The Labute approximate surface area is 106 Å². The molecule has 2 nitrogen and oxygen atoms in total. The minimum atomic E-state index is -0.693. The van der Waals surface area contributed by atoms with Crippen molar-refractivity contribution >= 4 is 10.8 Å². The van der Waals surface area contributed by atoms with E-state index in [0.717, 1.165) is 25.8 Å². The summed E-state index contributed by atoms with van der Waals surface area (Å²) < 4.78 is 11.2. The summed E-state index contributed by atoms with van der Waals surface area (Å²) in [6, 6.07) is 9.25. The molecule has 0 spiro atoms. The smallest absolute Gasteiger partial charge is 0.0329 e. The summed E-state index contributed by atoms with van der Waals surface area (Å²) in [4.78, 5) is 0. The zero-order chi connectivity index (χ0) is 12.3. The molecule has 1 aliphatic carbocycles. The van der Waals surface area contributed by atoms with Crippen molar-refractivity contribution in [2.24, 2.45) is 0 Å². The summed E-state index contributed by atoms with van der Waals surface area (Å²) >= 11 is 0. The normalized spacial score (nSPS) is 18.9. The number of hydrogen-bond donors (Lipinski definition) is 1. The van der Waals surface area contributed by atoms with Crippen molar-refractivity contribution in [1.82, 2.24) is 5.32 Å². The molecular weight excluding hydrogens is 230 g/mol. The van der Waals surface area contributed by atoms with Crippen molar-refractivity contribution in [3.63, 3.8) is 0 Å². The van der Waals surface area contributed by atoms with Crippen LogP contribution in [0.4, 0.5) is 0 Å². The zero-order valence-electron chi connectivity index (χ0n) is 10.6. The fraction of sp³-hybridized carbons (Fsp3) is 0.571. The highest BCUT2D eigenvalue weighted by Crippen LogP contribution is 2.21. The maximum atomic E-state index is 11.2. The van der Waals surface area contributed by atoms with E-state index in [9.17, 15) is 4.21 Å². The molecule has 94 valence electrons. The first kappa shape index (κ1) is 12.8. The Bertz CT molecular complexity index is 380. The Kier molecular flexibility index (Phi) is 4.35. The van der Waals surface area contributed by atoms with Gasteiger partial charge in [-0.15, -0.1) is 0 Å². The number of benzene rings is 1. The molecule has 0 bridgehead atoms. The quantitative estimate of drug-likeness (QED) is 0.866. The second kappa shape index (κ2) is 5.78. The lowest BCUT2D eigenvalue weighted by atomic mass is 10.1. The van der Waals surface area contributed by atoms with Gasteiger partial charge in [0.15, 0.2) is 0 Å². The van der Waals surface area contributed by atoms with E-state index in [0.29, 0.717) is 11.3 Å². The Balaban J connectivity index is 1.75. The van der Waals surface area contributed by atoms with E-state index in [-0.39, 0.29) is 0 Å². The third-order valence-electron chi connectivity index (χ3n) is 3.60. The third kappa shape index (κ3) is 3.39. The number of fused-ring (bicyclic) bond motifs is 1. The van der Waals surface area contributed by atoms with Crippen LogP contribution >= 0.6 is 0 Å². The lowest BCUT2D eigenvalue weighted by molar-refractivity contribution is 0.520. The largest absolute Gasteiger partial charge is 0.313 e. The molecule has 1 aromatic carbocycles. The van der Waals surface area contributed by atoms with Crippen molar-refractivity contribution in [3.05, 3.63) is 35.4 Å². The van der Waals surface area contributed by atoms with Gasteiger partial charge in [0.05, 0.1) is 0 Å². The molecule has 0 amide bonds. The molecule has 0 aromatic heterocycles. The lowest BCUT2D eigenvalue weighted by Crippen LogP contribution is -2.32. The molecule has 2 unspecified atom stereocenters. The molecular formula is C14H21NOS. The van der Waals surface area contributed by atoms with Crippen LogP contribution in [0, 0.1) is 0 Å². The summed E-state index contributed by atoms with van der Waals surface area (Å²) in [5.41, 5.74) is 2.97. The van der Waals surface area contributed by atoms with Crippen LogP contribution in [0.2, 0.25) is 0 Å². The van der Waals surface area contributed by atoms with Gasteiger partial charge in [0.2, 0.25) is 0 Å². The highest BCUT2D eigenvalue weighted by Gasteiger charge is 2.20. The molecule has 2 rings (SSSR count). The van der Waals surface area contributed by atoms with Crippen molar-refractivity contribution in [2.75, 3.05) is 12.8 Å². The maximum Gasteiger partial charge on any atom is 0.0329 e. The summed E-state index contributed by atoms with van der Waals surface area (Å²) in [6.45, 7) is 3.03. The van der Waals surface area contributed by atoms with Gasteiger partial charge < -0.3 is 5.32 Å². The molecule has 2 atom stereocenters. The van der Waals surface area contributed by atoms with E-state index in [1.165, 1.54) is 11.1 Å². The first-order chi connectivity index (χ1) is 8.16. The van der Waals surface area contributed by atoms with Crippen molar-refractivity contribution < 1.29 is 4.21 Å². The van der Waals surface area contributed by atoms with Crippen LogP contribution in [-0.2, 0) is 23.6 Å². The minimum Gasteiger partial charge on any atom is -0.313 e. The maximum absolute atomic E-state index is 11.2.